The minimum absolute atomic E-state index is 0.00946. The molecule has 0 aromatic heterocycles. The zero-order valence-corrected chi connectivity index (χ0v) is 16.2. The van der Waals surface area contributed by atoms with Crippen molar-refractivity contribution in [1.82, 2.24) is 5.32 Å². The topological polar surface area (TPSA) is 90.5 Å². The Balaban J connectivity index is 1.76. The molecular weight excluding hydrogens is 356 g/mol. The van der Waals surface area contributed by atoms with E-state index in [1.807, 2.05) is 26.0 Å². The summed E-state index contributed by atoms with van der Waals surface area (Å²) in [4.78, 5) is 38.1. The smallest absolute Gasteiger partial charge is 0.319 e. The Morgan fingerprint density at radius 1 is 1.04 bits per heavy atom. The first-order valence-corrected chi connectivity index (χ1v) is 9.24. The molecule has 1 heterocycles. The Morgan fingerprint density at radius 2 is 1.79 bits per heavy atom. The van der Waals surface area contributed by atoms with Gasteiger partial charge in [-0.2, -0.15) is 0 Å². The second-order valence-corrected chi connectivity index (χ2v) is 7.02. The maximum atomic E-state index is 12.8. The van der Waals surface area contributed by atoms with Crippen LogP contribution in [0.3, 0.4) is 0 Å². The fourth-order valence-electron chi connectivity index (χ4n) is 3.22. The molecule has 7 nitrogen and oxygen atoms in total. The molecule has 2 aromatic rings. The van der Waals surface area contributed by atoms with Crippen LogP contribution in [0, 0.1) is 0 Å². The predicted octanol–water partition coefficient (Wildman–Crippen LogP) is 3.38. The van der Waals surface area contributed by atoms with E-state index in [0.717, 1.165) is 17.7 Å². The second kappa shape index (κ2) is 8.12. The quantitative estimate of drug-likeness (QED) is 0.759. The number of anilines is 3. The first kappa shape index (κ1) is 19.4. The highest BCUT2D eigenvalue weighted by atomic mass is 16.2. The zero-order valence-electron chi connectivity index (χ0n) is 16.2. The van der Waals surface area contributed by atoms with Gasteiger partial charge in [0.15, 0.2) is 0 Å². The molecule has 1 aliphatic heterocycles. The summed E-state index contributed by atoms with van der Waals surface area (Å²) in [5, 5.41) is 8.32. The van der Waals surface area contributed by atoms with Crippen LogP contribution < -0.4 is 20.9 Å². The van der Waals surface area contributed by atoms with Crippen LogP contribution in [0.5, 0.6) is 0 Å². The number of carbonyl (C=O) groups is 3. The Labute approximate surface area is 164 Å². The van der Waals surface area contributed by atoms with Crippen LogP contribution in [-0.4, -0.2) is 30.4 Å². The maximum absolute atomic E-state index is 12.8. The minimum Gasteiger partial charge on any atom is -0.336 e. The van der Waals surface area contributed by atoms with Crippen molar-refractivity contribution < 1.29 is 14.4 Å². The molecule has 0 unspecified atom stereocenters. The third-order valence-electron chi connectivity index (χ3n) is 4.45. The van der Waals surface area contributed by atoms with Gasteiger partial charge in [0.25, 0.3) is 5.91 Å². The lowest BCUT2D eigenvalue weighted by Gasteiger charge is -2.16. The van der Waals surface area contributed by atoms with Crippen molar-refractivity contribution >= 4 is 34.9 Å². The molecule has 0 bridgehead atoms. The molecule has 0 radical (unpaired) electrons. The van der Waals surface area contributed by atoms with Gasteiger partial charge < -0.3 is 20.9 Å². The van der Waals surface area contributed by atoms with Gasteiger partial charge in [0, 0.05) is 30.9 Å². The van der Waals surface area contributed by atoms with Gasteiger partial charge in [-0.1, -0.05) is 12.1 Å². The fourth-order valence-corrected chi connectivity index (χ4v) is 3.22. The van der Waals surface area contributed by atoms with Gasteiger partial charge >= 0.3 is 6.03 Å². The van der Waals surface area contributed by atoms with Crippen LogP contribution in [0.15, 0.2) is 42.5 Å². The van der Waals surface area contributed by atoms with Crippen LogP contribution in [-0.2, 0) is 11.2 Å². The first-order valence-electron chi connectivity index (χ1n) is 9.24. The van der Waals surface area contributed by atoms with E-state index in [9.17, 15) is 14.4 Å². The standard InChI is InChI=1S/C21H24N4O3/c1-13(2)22-21(28)24-18-7-5-4-6-17(18)20(27)23-16-8-9-19-15(12-16)10-11-25(19)14(3)26/h4-9,12-13H,10-11H2,1-3H3,(H,23,27)(H2,22,24,28). The van der Waals surface area contributed by atoms with E-state index in [1.165, 1.54) is 0 Å². The molecule has 0 aliphatic carbocycles. The molecule has 0 fully saturated rings. The van der Waals surface area contributed by atoms with Crippen molar-refractivity contribution in [1.29, 1.82) is 0 Å². The third-order valence-corrected chi connectivity index (χ3v) is 4.45. The van der Waals surface area contributed by atoms with Crippen molar-refractivity contribution in [2.45, 2.75) is 33.2 Å². The minimum atomic E-state index is -0.364. The summed E-state index contributed by atoms with van der Waals surface area (Å²) >= 11 is 0. The van der Waals surface area contributed by atoms with Crippen molar-refractivity contribution in [3.05, 3.63) is 53.6 Å². The maximum Gasteiger partial charge on any atom is 0.319 e. The molecule has 3 N–H and O–H groups in total. The number of amides is 4. The molecule has 28 heavy (non-hydrogen) atoms. The van der Waals surface area contributed by atoms with Crippen LogP contribution in [0.4, 0.5) is 21.9 Å². The SMILES string of the molecule is CC(=O)N1CCc2cc(NC(=O)c3ccccc3NC(=O)NC(C)C)ccc21. The van der Waals surface area contributed by atoms with E-state index in [1.54, 1.807) is 42.2 Å². The van der Waals surface area contributed by atoms with Crippen LogP contribution in [0.25, 0.3) is 0 Å². The number of nitrogens with zero attached hydrogens (tertiary/aromatic N) is 1. The molecule has 0 saturated heterocycles. The third kappa shape index (κ3) is 4.31. The van der Waals surface area contributed by atoms with Gasteiger partial charge in [-0.15, -0.1) is 0 Å². The van der Waals surface area contributed by atoms with Crippen molar-refractivity contribution in [3.63, 3.8) is 0 Å². The molecule has 0 atom stereocenters. The number of fused-ring (bicyclic) bond motifs is 1. The van der Waals surface area contributed by atoms with E-state index in [-0.39, 0.29) is 23.9 Å². The molecule has 1 aliphatic rings. The van der Waals surface area contributed by atoms with E-state index in [0.29, 0.717) is 23.5 Å². The number of para-hydroxylation sites is 1. The Hall–Kier alpha value is -3.35. The fraction of sp³-hybridized carbons (Fsp3) is 0.286. The monoisotopic (exact) mass is 380 g/mol. The molecule has 7 heteroatoms. The average Bonchev–Trinajstić information content (AvgIpc) is 3.04. The molecular formula is C21H24N4O3. The number of rotatable bonds is 4. The summed E-state index contributed by atoms with van der Waals surface area (Å²) in [5.41, 5.74) is 3.36. The average molecular weight is 380 g/mol. The number of hydrogen-bond acceptors (Lipinski definition) is 3. The molecule has 146 valence electrons. The molecule has 0 spiro atoms. The van der Waals surface area contributed by atoms with Gasteiger partial charge in [0.2, 0.25) is 5.91 Å². The first-order chi connectivity index (χ1) is 13.3. The number of hydrogen-bond donors (Lipinski definition) is 3. The lowest BCUT2D eigenvalue weighted by Crippen LogP contribution is -2.34. The van der Waals surface area contributed by atoms with Crippen LogP contribution in [0.1, 0.15) is 36.7 Å². The zero-order chi connectivity index (χ0) is 20.3. The second-order valence-electron chi connectivity index (χ2n) is 7.02. The predicted molar refractivity (Wildman–Crippen MR) is 110 cm³/mol. The highest BCUT2D eigenvalue weighted by molar-refractivity contribution is 6.10. The van der Waals surface area contributed by atoms with Gasteiger partial charge in [0.1, 0.15) is 0 Å². The summed E-state index contributed by atoms with van der Waals surface area (Å²) < 4.78 is 0. The summed E-state index contributed by atoms with van der Waals surface area (Å²) in [5.74, 6) is -0.308. The number of nitrogens with one attached hydrogen (secondary N) is 3. The summed E-state index contributed by atoms with van der Waals surface area (Å²) in [6.07, 6.45) is 0.756. The Kier molecular flexibility index (Phi) is 5.63. The normalized spacial score (nSPS) is 12.5. The van der Waals surface area contributed by atoms with Gasteiger partial charge in [-0.05, 0) is 56.2 Å². The summed E-state index contributed by atoms with van der Waals surface area (Å²) in [7, 11) is 0. The Bertz CT molecular complexity index is 924. The molecule has 2 aromatic carbocycles. The molecule has 0 saturated carbocycles. The summed E-state index contributed by atoms with van der Waals surface area (Å²) in [6.45, 7) is 5.92. The number of benzene rings is 2. The van der Waals surface area contributed by atoms with E-state index < -0.39 is 0 Å². The van der Waals surface area contributed by atoms with Gasteiger partial charge in [-0.3, -0.25) is 9.59 Å². The van der Waals surface area contributed by atoms with Crippen molar-refractivity contribution in [2.24, 2.45) is 0 Å². The van der Waals surface area contributed by atoms with Crippen LogP contribution in [0.2, 0.25) is 0 Å². The van der Waals surface area contributed by atoms with Crippen LogP contribution >= 0.6 is 0 Å². The van der Waals surface area contributed by atoms with Gasteiger partial charge in [0.05, 0.1) is 11.3 Å². The lowest BCUT2D eigenvalue weighted by molar-refractivity contribution is -0.116. The summed E-state index contributed by atoms with van der Waals surface area (Å²) in [6, 6.07) is 12.0. The number of carbonyl (C=O) groups excluding carboxylic acids is 3. The van der Waals surface area contributed by atoms with Gasteiger partial charge in [-0.25, -0.2) is 4.79 Å². The highest BCUT2D eigenvalue weighted by Gasteiger charge is 2.22. The largest absolute Gasteiger partial charge is 0.336 e. The van der Waals surface area contributed by atoms with E-state index >= 15 is 0 Å². The van der Waals surface area contributed by atoms with Crippen molar-refractivity contribution in [2.75, 3.05) is 22.1 Å². The highest BCUT2D eigenvalue weighted by Crippen LogP contribution is 2.30. The number of urea groups is 1. The lowest BCUT2D eigenvalue weighted by atomic mass is 10.1. The Morgan fingerprint density at radius 3 is 2.50 bits per heavy atom. The van der Waals surface area contributed by atoms with Crippen molar-refractivity contribution in [3.8, 4) is 0 Å². The molecule has 3 rings (SSSR count). The molecule has 4 amide bonds. The van der Waals surface area contributed by atoms with E-state index in [2.05, 4.69) is 16.0 Å². The van der Waals surface area contributed by atoms with E-state index in [4.69, 9.17) is 0 Å².